The Balaban J connectivity index is 1.24. The Labute approximate surface area is 147 Å². The molecule has 4 fully saturated rings. The van der Waals surface area contributed by atoms with Crippen molar-refractivity contribution in [2.45, 2.75) is 44.9 Å². The third-order valence-corrected chi connectivity index (χ3v) is 7.80. The Morgan fingerprint density at radius 2 is 1.75 bits per heavy atom. The van der Waals surface area contributed by atoms with Gasteiger partial charge in [0.25, 0.3) is 5.91 Å². The van der Waals surface area contributed by atoms with E-state index in [0.717, 1.165) is 35.2 Å². The smallest absolute Gasteiger partial charge is 0.252 e. The number of thiophene rings is 1. The number of fused-ring (bicyclic) bond motifs is 1. The third-order valence-electron chi connectivity index (χ3n) is 6.83. The van der Waals surface area contributed by atoms with Crippen molar-refractivity contribution in [2.75, 3.05) is 6.54 Å². The van der Waals surface area contributed by atoms with E-state index in [1.165, 1.54) is 49.6 Å². The lowest BCUT2D eigenvalue weighted by Gasteiger charge is -2.57. The van der Waals surface area contributed by atoms with Gasteiger partial charge >= 0.3 is 0 Å². The molecule has 0 radical (unpaired) electrons. The van der Waals surface area contributed by atoms with Crippen LogP contribution in [0.5, 0.6) is 0 Å². The molecule has 126 valence electrons. The Morgan fingerprint density at radius 3 is 2.46 bits per heavy atom. The van der Waals surface area contributed by atoms with E-state index in [1.54, 1.807) is 11.3 Å². The second-order valence-corrected chi connectivity index (χ2v) is 9.48. The SMILES string of the molecule is O=C(NCCC12CC3CC(CC(C3)C1)C2)c1csc2ccccc12. The van der Waals surface area contributed by atoms with Crippen LogP contribution in [0.3, 0.4) is 0 Å². The van der Waals surface area contributed by atoms with Crippen molar-refractivity contribution in [3.8, 4) is 0 Å². The number of hydrogen-bond donors (Lipinski definition) is 1. The quantitative estimate of drug-likeness (QED) is 0.811. The predicted octanol–water partition coefficient (Wildman–Crippen LogP) is 5.24. The molecule has 0 atom stereocenters. The second-order valence-electron chi connectivity index (χ2n) is 8.57. The van der Waals surface area contributed by atoms with Gasteiger partial charge in [-0.25, -0.2) is 0 Å². The molecule has 6 rings (SSSR count). The zero-order chi connectivity index (χ0) is 16.1. The average molecular weight is 340 g/mol. The zero-order valence-electron chi connectivity index (χ0n) is 14.1. The van der Waals surface area contributed by atoms with Gasteiger partial charge in [-0.1, -0.05) is 18.2 Å². The van der Waals surface area contributed by atoms with Crippen LogP contribution in [-0.2, 0) is 0 Å². The Morgan fingerprint density at radius 1 is 1.08 bits per heavy atom. The van der Waals surface area contributed by atoms with Gasteiger partial charge < -0.3 is 5.32 Å². The number of hydrogen-bond acceptors (Lipinski definition) is 2. The van der Waals surface area contributed by atoms with E-state index in [2.05, 4.69) is 17.4 Å². The molecule has 0 spiro atoms. The van der Waals surface area contributed by atoms with E-state index < -0.39 is 0 Å². The summed E-state index contributed by atoms with van der Waals surface area (Å²) in [5.41, 5.74) is 1.40. The molecule has 4 aliphatic rings. The highest BCUT2D eigenvalue weighted by molar-refractivity contribution is 7.17. The number of carbonyl (C=O) groups excluding carboxylic acids is 1. The lowest BCUT2D eigenvalue weighted by atomic mass is 9.49. The van der Waals surface area contributed by atoms with Crippen LogP contribution in [0.1, 0.15) is 55.3 Å². The molecule has 4 saturated carbocycles. The summed E-state index contributed by atoms with van der Waals surface area (Å²) in [6.07, 6.45) is 9.94. The Kier molecular flexibility index (Phi) is 3.48. The molecule has 0 unspecified atom stereocenters. The fourth-order valence-electron chi connectivity index (χ4n) is 6.29. The van der Waals surface area contributed by atoms with Crippen molar-refractivity contribution in [3.63, 3.8) is 0 Å². The van der Waals surface area contributed by atoms with E-state index in [-0.39, 0.29) is 5.91 Å². The van der Waals surface area contributed by atoms with E-state index in [4.69, 9.17) is 0 Å². The average Bonchev–Trinajstić information content (AvgIpc) is 2.97. The first kappa shape index (κ1) is 14.9. The van der Waals surface area contributed by atoms with Crippen molar-refractivity contribution >= 4 is 27.3 Å². The lowest BCUT2D eigenvalue weighted by molar-refractivity contribution is -0.0564. The molecule has 0 aliphatic heterocycles. The van der Waals surface area contributed by atoms with Crippen LogP contribution in [0.2, 0.25) is 0 Å². The van der Waals surface area contributed by atoms with Crippen LogP contribution in [0.15, 0.2) is 29.6 Å². The molecule has 3 heteroatoms. The van der Waals surface area contributed by atoms with E-state index in [9.17, 15) is 4.79 Å². The maximum Gasteiger partial charge on any atom is 0.252 e. The van der Waals surface area contributed by atoms with Crippen molar-refractivity contribution in [2.24, 2.45) is 23.2 Å². The fraction of sp³-hybridized carbons (Fsp3) is 0.571. The van der Waals surface area contributed by atoms with E-state index in [1.807, 2.05) is 17.5 Å². The van der Waals surface area contributed by atoms with Crippen LogP contribution in [-0.4, -0.2) is 12.5 Å². The topological polar surface area (TPSA) is 29.1 Å². The number of carbonyl (C=O) groups is 1. The normalized spacial score (nSPS) is 33.9. The minimum atomic E-state index is 0.108. The summed E-state index contributed by atoms with van der Waals surface area (Å²) in [5, 5.41) is 6.32. The summed E-state index contributed by atoms with van der Waals surface area (Å²) >= 11 is 1.66. The van der Waals surface area contributed by atoms with Gasteiger partial charge in [-0.2, -0.15) is 0 Å². The monoisotopic (exact) mass is 339 g/mol. The highest BCUT2D eigenvalue weighted by Crippen LogP contribution is 2.61. The first-order valence-electron chi connectivity index (χ1n) is 9.45. The molecule has 4 bridgehead atoms. The van der Waals surface area contributed by atoms with Gasteiger partial charge in [-0.05, 0) is 74.2 Å². The molecule has 2 nitrogen and oxygen atoms in total. The van der Waals surface area contributed by atoms with Gasteiger partial charge in [0.1, 0.15) is 0 Å². The summed E-state index contributed by atoms with van der Waals surface area (Å²) in [6, 6.07) is 8.20. The Hall–Kier alpha value is -1.35. The first-order chi connectivity index (χ1) is 11.7. The molecular weight excluding hydrogens is 314 g/mol. The molecule has 1 amide bonds. The van der Waals surface area contributed by atoms with Gasteiger partial charge in [0.05, 0.1) is 5.56 Å². The van der Waals surface area contributed by atoms with Gasteiger partial charge in [-0.3, -0.25) is 4.79 Å². The largest absolute Gasteiger partial charge is 0.352 e. The van der Waals surface area contributed by atoms with Crippen molar-refractivity contribution in [1.82, 2.24) is 5.32 Å². The van der Waals surface area contributed by atoms with Crippen LogP contribution >= 0.6 is 11.3 Å². The lowest BCUT2D eigenvalue weighted by Crippen LogP contribution is -2.47. The van der Waals surface area contributed by atoms with Gasteiger partial charge in [-0.15, -0.1) is 11.3 Å². The van der Waals surface area contributed by atoms with Crippen molar-refractivity contribution in [3.05, 3.63) is 35.2 Å². The van der Waals surface area contributed by atoms with E-state index >= 15 is 0 Å². The van der Waals surface area contributed by atoms with Crippen molar-refractivity contribution in [1.29, 1.82) is 0 Å². The standard InChI is InChI=1S/C21H25NOS/c23-20(18-13-24-19-4-2-1-3-17(18)19)22-6-5-21-10-14-7-15(11-21)9-16(8-14)12-21/h1-4,13-16H,5-12H2,(H,22,23). The molecule has 1 aromatic heterocycles. The van der Waals surface area contributed by atoms with Gasteiger partial charge in [0.15, 0.2) is 0 Å². The molecule has 24 heavy (non-hydrogen) atoms. The highest BCUT2D eigenvalue weighted by atomic mass is 32.1. The third kappa shape index (κ3) is 2.48. The maximum absolute atomic E-state index is 12.6. The number of amides is 1. The summed E-state index contributed by atoms with van der Waals surface area (Å²) in [4.78, 5) is 12.6. The van der Waals surface area contributed by atoms with Crippen LogP contribution in [0.25, 0.3) is 10.1 Å². The minimum Gasteiger partial charge on any atom is -0.352 e. The Bertz CT molecular complexity index is 742. The van der Waals surface area contributed by atoms with Gasteiger partial charge in [0, 0.05) is 22.0 Å². The zero-order valence-corrected chi connectivity index (χ0v) is 14.9. The molecule has 0 saturated heterocycles. The summed E-state index contributed by atoms with van der Waals surface area (Å²) in [7, 11) is 0. The first-order valence-corrected chi connectivity index (χ1v) is 10.3. The number of benzene rings is 1. The molecule has 2 aromatic rings. The second kappa shape index (κ2) is 5.59. The molecule has 1 N–H and O–H groups in total. The summed E-state index contributed by atoms with van der Waals surface area (Å²) < 4.78 is 1.20. The van der Waals surface area contributed by atoms with Crippen LogP contribution in [0.4, 0.5) is 0 Å². The molecule has 1 aromatic carbocycles. The predicted molar refractivity (Wildman–Crippen MR) is 99.4 cm³/mol. The summed E-state index contributed by atoms with van der Waals surface area (Å²) in [5.74, 6) is 3.09. The minimum absolute atomic E-state index is 0.108. The number of nitrogens with one attached hydrogen (secondary N) is 1. The van der Waals surface area contributed by atoms with Crippen molar-refractivity contribution < 1.29 is 4.79 Å². The maximum atomic E-state index is 12.6. The molecule has 4 aliphatic carbocycles. The van der Waals surface area contributed by atoms with Crippen LogP contribution < -0.4 is 5.32 Å². The fourth-order valence-corrected chi connectivity index (χ4v) is 7.23. The molecule has 1 heterocycles. The van der Waals surface area contributed by atoms with Gasteiger partial charge in [0.2, 0.25) is 0 Å². The highest BCUT2D eigenvalue weighted by Gasteiger charge is 2.50. The number of rotatable bonds is 4. The summed E-state index contributed by atoms with van der Waals surface area (Å²) in [6.45, 7) is 0.842. The molecular formula is C21H25NOS. The van der Waals surface area contributed by atoms with E-state index in [0.29, 0.717) is 5.41 Å². The van der Waals surface area contributed by atoms with Crippen LogP contribution in [0, 0.1) is 23.2 Å².